The van der Waals surface area contributed by atoms with E-state index in [4.69, 9.17) is 11.6 Å². The molecule has 1 unspecified atom stereocenters. The fourth-order valence-corrected chi connectivity index (χ4v) is 4.57. The van der Waals surface area contributed by atoms with E-state index < -0.39 is 0 Å². The van der Waals surface area contributed by atoms with Gasteiger partial charge in [-0.2, -0.15) is 0 Å². The SMILES string of the molecule is CC(C)(C)c1ccc(CN2CCN(C(c3ccccc3)c3ccc(Cl)cc3)CC2)cc1.Cl.Cl. The monoisotopic (exact) mass is 504 g/mol. The summed E-state index contributed by atoms with van der Waals surface area (Å²) in [7, 11) is 0. The number of benzene rings is 3. The molecule has 0 aromatic heterocycles. The Morgan fingerprint density at radius 3 is 1.82 bits per heavy atom. The third kappa shape index (κ3) is 7.21. The lowest BCUT2D eigenvalue weighted by Crippen LogP contribution is -2.47. The molecule has 2 nitrogen and oxygen atoms in total. The summed E-state index contributed by atoms with van der Waals surface area (Å²) in [5.41, 5.74) is 5.66. The summed E-state index contributed by atoms with van der Waals surface area (Å²) in [6, 6.07) is 28.6. The van der Waals surface area contributed by atoms with Crippen molar-refractivity contribution in [3.05, 3.63) is 106 Å². The van der Waals surface area contributed by atoms with Gasteiger partial charge in [-0.15, -0.1) is 24.8 Å². The van der Waals surface area contributed by atoms with Crippen molar-refractivity contribution in [3.8, 4) is 0 Å². The Kier molecular flexibility index (Phi) is 10.3. The van der Waals surface area contributed by atoms with E-state index in [1.165, 1.54) is 22.3 Å². The molecule has 5 heteroatoms. The third-order valence-electron chi connectivity index (χ3n) is 6.30. The van der Waals surface area contributed by atoms with Gasteiger partial charge in [-0.05, 0) is 39.8 Å². The molecule has 1 atom stereocenters. The van der Waals surface area contributed by atoms with Crippen LogP contribution in [0.5, 0.6) is 0 Å². The number of hydrogen-bond acceptors (Lipinski definition) is 2. The van der Waals surface area contributed by atoms with E-state index in [0.29, 0.717) is 0 Å². The minimum atomic E-state index is 0. The first kappa shape index (κ1) is 27.7. The van der Waals surface area contributed by atoms with Gasteiger partial charge in [-0.3, -0.25) is 9.80 Å². The molecule has 0 bridgehead atoms. The fraction of sp³-hybridized carbons (Fsp3) is 0.357. The van der Waals surface area contributed by atoms with Crippen LogP contribution in [0.15, 0.2) is 78.9 Å². The van der Waals surface area contributed by atoms with Crippen LogP contribution in [0.3, 0.4) is 0 Å². The first-order valence-corrected chi connectivity index (χ1v) is 11.6. The van der Waals surface area contributed by atoms with Gasteiger partial charge in [0.2, 0.25) is 0 Å². The van der Waals surface area contributed by atoms with Crippen molar-refractivity contribution >= 4 is 36.4 Å². The number of nitrogens with zero attached hydrogens (tertiary/aromatic N) is 2. The Labute approximate surface area is 216 Å². The van der Waals surface area contributed by atoms with Crippen LogP contribution >= 0.6 is 36.4 Å². The smallest absolute Gasteiger partial charge is 0.0602 e. The molecule has 0 N–H and O–H groups in total. The van der Waals surface area contributed by atoms with Crippen molar-refractivity contribution in [2.24, 2.45) is 0 Å². The third-order valence-corrected chi connectivity index (χ3v) is 6.55. The van der Waals surface area contributed by atoms with E-state index in [1.54, 1.807) is 0 Å². The van der Waals surface area contributed by atoms with Gasteiger partial charge < -0.3 is 0 Å². The zero-order valence-electron chi connectivity index (χ0n) is 19.7. The Balaban J connectivity index is 0.00000193. The Hall–Kier alpha value is -1.55. The number of rotatable bonds is 5. The molecule has 0 saturated carbocycles. The molecule has 0 spiro atoms. The van der Waals surface area contributed by atoms with E-state index in [1.807, 2.05) is 12.1 Å². The molecular formula is C28H35Cl3N2. The molecule has 1 saturated heterocycles. The van der Waals surface area contributed by atoms with Gasteiger partial charge in [0.25, 0.3) is 0 Å². The summed E-state index contributed by atoms with van der Waals surface area (Å²) < 4.78 is 0. The summed E-state index contributed by atoms with van der Waals surface area (Å²) in [5, 5.41) is 0.790. The van der Waals surface area contributed by atoms with E-state index in [2.05, 4.69) is 97.3 Å². The van der Waals surface area contributed by atoms with Gasteiger partial charge in [0.05, 0.1) is 6.04 Å². The number of halogens is 3. The highest BCUT2D eigenvalue weighted by Crippen LogP contribution is 2.30. The summed E-state index contributed by atoms with van der Waals surface area (Å²) in [4.78, 5) is 5.18. The van der Waals surface area contributed by atoms with E-state index >= 15 is 0 Å². The largest absolute Gasteiger partial charge is 0.297 e. The van der Waals surface area contributed by atoms with Crippen LogP contribution in [0, 0.1) is 0 Å². The van der Waals surface area contributed by atoms with Crippen LogP contribution in [-0.4, -0.2) is 36.0 Å². The normalized spacial score (nSPS) is 15.9. The topological polar surface area (TPSA) is 6.48 Å². The molecule has 1 aliphatic rings. The quantitative estimate of drug-likeness (QED) is 0.357. The summed E-state index contributed by atoms with van der Waals surface area (Å²) in [6.07, 6.45) is 0. The molecular weight excluding hydrogens is 471 g/mol. The van der Waals surface area contributed by atoms with Crippen LogP contribution in [0.1, 0.15) is 49.1 Å². The van der Waals surface area contributed by atoms with Gasteiger partial charge in [0.15, 0.2) is 0 Å². The highest BCUT2D eigenvalue weighted by molar-refractivity contribution is 6.30. The standard InChI is InChI=1S/C28H33ClN2.2ClH/c1-28(2,3)25-13-9-22(10-14-25)21-30-17-19-31(20-18-30)27(23-7-5-4-6-8-23)24-11-15-26(29)16-12-24;;/h4-16,27H,17-21H2,1-3H3;2*1H. The Morgan fingerprint density at radius 2 is 1.27 bits per heavy atom. The predicted molar refractivity (Wildman–Crippen MR) is 146 cm³/mol. The molecule has 0 aliphatic carbocycles. The molecule has 3 aromatic rings. The lowest BCUT2D eigenvalue weighted by atomic mass is 9.87. The molecule has 0 amide bonds. The first-order chi connectivity index (χ1) is 14.9. The molecule has 0 radical (unpaired) electrons. The summed E-state index contributed by atoms with van der Waals surface area (Å²) in [5.74, 6) is 0. The molecule has 3 aromatic carbocycles. The van der Waals surface area contributed by atoms with E-state index in [9.17, 15) is 0 Å². The summed E-state index contributed by atoms with van der Waals surface area (Å²) >= 11 is 6.16. The number of hydrogen-bond donors (Lipinski definition) is 0. The Morgan fingerprint density at radius 1 is 0.727 bits per heavy atom. The molecule has 1 heterocycles. The van der Waals surface area contributed by atoms with Crippen molar-refractivity contribution in [1.29, 1.82) is 0 Å². The van der Waals surface area contributed by atoms with Gasteiger partial charge >= 0.3 is 0 Å². The van der Waals surface area contributed by atoms with Crippen molar-refractivity contribution < 1.29 is 0 Å². The predicted octanol–water partition coefficient (Wildman–Crippen LogP) is 7.39. The lowest BCUT2D eigenvalue weighted by Gasteiger charge is -2.40. The molecule has 178 valence electrons. The zero-order valence-corrected chi connectivity index (χ0v) is 22.1. The van der Waals surface area contributed by atoms with Gasteiger partial charge in [-0.1, -0.05) is 99.1 Å². The maximum Gasteiger partial charge on any atom is 0.0602 e. The second-order valence-corrected chi connectivity index (χ2v) is 10.1. The van der Waals surface area contributed by atoms with Crippen molar-refractivity contribution in [2.75, 3.05) is 26.2 Å². The summed E-state index contributed by atoms with van der Waals surface area (Å²) in [6.45, 7) is 12.1. The lowest BCUT2D eigenvalue weighted by molar-refractivity contribution is 0.105. The number of piperazine rings is 1. The van der Waals surface area contributed by atoms with Crippen LogP contribution in [-0.2, 0) is 12.0 Å². The van der Waals surface area contributed by atoms with Crippen molar-refractivity contribution in [2.45, 2.75) is 38.8 Å². The second-order valence-electron chi connectivity index (χ2n) is 9.62. The average molecular weight is 506 g/mol. The van der Waals surface area contributed by atoms with Crippen LogP contribution in [0.2, 0.25) is 5.02 Å². The first-order valence-electron chi connectivity index (χ1n) is 11.3. The van der Waals surface area contributed by atoms with Crippen LogP contribution in [0.25, 0.3) is 0 Å². The van der Waals surface area contributed by atoms with Gasteiger partial charge in [-0.25, -0.2) is 0 Å². The Bertz CT molecular complexity index is 959. The molecule has 1 fully saturated rings. The van der Waals surface area contributed by atoms with Crippen LogP contribution < -0.4 is 0 Å². The zero-order chi connectivity index (χ0) is 21.8. The maximum atomic E-state index is 6.16. The average Bonchev–Trinajstić information content (AvgIpc) is 2.77. The fourth-order valence-electron chi connectivity index (χ4n) is 4.44. The molecule has 33 heavy (non-hydrogen) atoms. The van der Waals surface area contributed by atoms with E-state index in [0.717, 1.165) is 37.7 Å². The maximum absolute atomic E-state index is 6.16. The highest BCUT2D eigenvalue weighted by Gasteiger charge is 2.26. The van der Waals surface area contributed by atoms with Gasteiger partial charge in [0, 0.05) is 37.7 Å². The van der Waals surface area contributed by atoms with Crippen LogP contribution in [0.4, 0.5) is 0 Å². The molecule has 1 aliphatic heterocycles. The van der Waals surface area contributed by atoms with Crippen molar-refractivity contribution in [1.82, 2.24) is 9.80 Å². The molecule has 4 rings (SSSR count). The highest BCUT2D eigenvalue weighted by atomic mass is 35.5. The van der Waals surface area contributed by atoms with Gasteiger partial charge in [0.1, 0.15) is 0 Å². The minimum absolute atomic E-state index is 0. The van der Waals surface area contributed by atoms with Crippen molar-refractivity contribution in [3.63, 3.8) is 0 Å². The minimum Gasteiger partial charge on any atom is -0.297 e. The van der Waals surface area contributed by atoms with E-state index in [-0.39, 0.29) is 36.3 Å². The second kappa shape index (κ2) is 12.2.